The predicted octanol–water partition coefficient (Wildman–Crippen LogP) is 5.25. The van der Waals surface area contributed by atoms with E-state index in [1.165, 1.54) is 34.1 Å². The number of carbonyl (C=O) groups excluding carboxylic acids is 5. The molecule has 360 valence electrons. The summed E-state index contributed by atoms with van der Waals surface area (Å²) < 4.78 is 19.1. The number of aromatic amines is 1. The quantitative estimate of drug-likeness (QED) is 0.186. The first-order valence-corrected chi connectivity index (χ1v) is 23.4. The van der Waals surface area contributed by atoms with Gasteiger partial charge in [0.2, 0.25) is 11.8 Å². The Hall–Kier alpha value is -6.07. The molecule has 3 aliphatic rings. The van der Waals surface area contributed by atoms with Crippen LogP contribution in [0.1, 0.15) is 84.4 Å². The zero-order chi connectivity index (χ0) is 48.5. The molecule has 0 unspecified atom stereocenters. The number of aryl methyl sites for hydroxylation is 1. The van der Waals surface area contributed by atoms with Gasteiger partial charge >= 0.3 is 12.1 Å². The molecule has 67 heavy (non-hydrogen) atoms. The lowest BCUT2D eigenvalue weighted by molar-refractivity contribution is -0.155. The van der Waals surface area contributed by atoms with Gasteiger partial charge in [-0.1, -0.05) is 40.7 Å². The molecule has 6 heterocycles. The van der Waals surface area contributed by atoms with Gasteiger partial charge in [-0.15, -0.1) is 0 Å². The van der Waals surface area contributed by atoms with Crippen molar-refractivity contribution < 1.29 is 38.2 Å². The standard InChI is InChI=1S/C50H66N8O9/c1-11-57-41-17-16-31-20-35(41)36(44(57)34-14-12-18-51-42(34)30(5)65-9)24-50(6,7)27-67-48(63)38-15-13-19-58(54-38)47(62)40(22-32-21-33(59)23-39(31)52-32)53-45(60)43(28(2)3)55(8)46(61)37-26-56(25-29(37)4)49(64)66-10/h12,14,16-18,20-21,23,28-30,37-38,40,43,54H,11,13,15,19,22,24-27H2,1-10H3,(H,52,59)(H,53,60)/t29-,30-,37+,38-,40-,43-/m0/s1. The Morgan fingerprint density at radius 3 is 2.52 bits per heavy atom. The van der Waals surface area contributed by atoms with E-state index in [1.54, 1.807) is 20.4 Å². The second-order valence-electron chi connectivity index (χ2n) is 19.5. The summed E-state index contributed by atoms with van der Waals surface area (Å²) in [5, 5.41) is 5.27. The molecule has 3 aliphatic heterocycles. The average Bonchev–Trinajstić information content (AvgIpc) is 3.85. The van der Waals surface area contributed by atoms with Crippen LogP contribution in [0, 0.1) is 23.2 Å². The van der Waals surface area contributed by atoms with Gasteiger partial charge in [-0.25, -0.2) is 10.2 Å². The summed E-state index contributed by atoms with van der Waals surface area (Å²) in [5.74, 6) is -3.04. The summed E-state index contributed by atoms with van der Waals surface area (Å²) >= 11 is 0. The first-order chi connectivity index (χ1) is 31.9. The van der Waals surface area contributed by atoms with E-state index in [0.29, 0.717) is 43.7 Å². The molecule has 0 spiro atoms. The number of benzene rings is 1. The van der Waals surface area contributed by atoms with Gasteiger partial charge in [0.25, 0.3) is 5.91 Å². The fourth-order valence-electron chi connectivity index (χ4n) is 10.1. The van der Waals surface area contributed by atoms with Crippen LogP contribution in [0.15, 0.2) is 53.5 Å². The second kappa shape index (κ2) is 20.0. The molecule has 0 radical (unpaired) electrons. The number of H-pyrrole nitrogens is 1. The normalized spacial score (nSPS) is 22.0. The number of fused-ring (bicyclic) bond motifs is 6. The van der Waals surface area contributed by atoms with Crippen LogP contribution in [-0.4, -0.2) is 125 Å². The van der Waals surface area contributed by atoms with Crippen LogP contribution in [0.2, 0.25) is 0 Å². The third kappa shape index (κ3) is 10.1. The number of nitrogens with zero attached hydrogens (tertiary/aromatic N) is 5. The van der Waals surface area contributed by atoms with Crippen LogP contribution < -0.4 is 16.2 Å². The minimum atomic E-state index is -1.23. The van der Waals surface area contributed by atoms with Crippen LogP contribution in [-0.2, 0) is 52.8 Å². The molecule has 3 N–H and O–H groups in total. The molecule has 2 saturated heterocycles. The Balaban J connectivity index is 1.31. The third-order valence-corrected chi connectivity index (χ3v) is 13.6. The SMILES string of the molecule is CCn1c(-c2cccnc2[C@H](C)OC)c2c3cc(ccc31)-c1cc(=O)cc([nH]1)C[C@H](NC(=O)[C@H](C(C)C)N(C)C(=O)[C@@H]1CN(C(=O)OC)C[C@@H]1C)C(=O)N1CCC[C@H](N1)C(=O)OCC(C)(C)C2. The maximum Gasteiger partial charge on any atom is 0.409 e. The summed E-state index contributed by atoms with van der Waals surface area (Å²) in [6.07, 6.45) is 2.24. The molecule has 0 aliphatic carbocycles. The third-order valence-electron chi connectivity index (χ3n) is 13.6. The number of esters is 1. The lowest BCUT2D eigenvalue weighted by atomic mass is 9.84. The van der Waals surface area contributed by atoms with Gasteiger partial charge in [0, 0.05) is 98.4 Å². The zero-order valence-corrected chi connectivity index (χ0v) is 40.4. The average molecular weight is 923 g/mol. The van der Waals surface area contributed by atoms with E-state index in [2.05, 4.69) is 53.2 Å². The van der Waals surface area contributed by atoms with Crippen molar-refractivity contribution in [2.45, 2.75) is 105 Å². The predicted molar refractivity (Wildman–Crippen MR) is 252 cm³/mol. The molecule has 7 rings (SSSR count). The van der Waals surface area contributed by atoms with Crippen molar-refractivity contribution in [2.24, 2.45) is 23.2 Å². The van der Waals surface area contributed by atoms with Crippen molar-refractivity contribution in [1.29, 1.82) is 0 Å². The van der Waals surface area contributed by atoms with E-state index in [0.717, 1.165) is 39.0 Å². The molecule has 17 nitrogen and oxygen atoms in total. The second-order valence-corrected chi connectivity index (χ2v) is 19.5. The number of likely N-dealkylation sites (tertiary alicyclic amines) is 1. The summed E-state index contributed by atoms with van der Waals surface area (Å²) in [6, 6.07) is 9.91. The lowest BCUT2D eigenvalue weighted by Crippen LogP contribution is -2.62. The Morgan fingerprint density at radius 1 is 1.06 bits per heavy atom. The molecule has 6 bridgehead atoms. The number of aromatic nitrogens is 3. The Morgan fingerprint density at radius 2 is 1.82 bits per heavy atom. The lowest BCUT2D eigenvalue weighted by Gasteiger charge is -2.37. The maximum atomic E-state index is 14.7. The number of carbonyl (C=O) groups is 5. The summed E-state index contributed by atoms with van der Waals surface area (Å²) in [4.78, 5) is 94.4. The number of ether oxygens (including phenoxy) is 3. The number of methoxy groups -OCH3 is 2. The minimum Gasteiger partial charge on any atom is -0.464 e. The van der Waals surface area contributed by atoms with Gasteiger partial charge in [0.05, 0.1) is 37.1 Å². The van der Waals surface area contributed by atoms with E-state index in [9.17, 15) is 28.8 Å². The molecule has 0 saturated carbocycles. The van der Waals surface area contributed by atoms with Crippen molar-refractivity contribution in [3.63, 3.8) is 0 Å². The summed E-state index contributed by atoms with van der Waals surface area (Å²) in [7, 11) is 4.51. The molecule has 2 fully saturated rings. The minimum absolute atomic E-state index is 0.0848. The smallest absolute Gasteiger partial charge is 0.409 e. The largest absolute Gasteiger partial charge is 0.464 e. The van der Waals surface area contributed by atoms with Crippen LogP contribution >= 0.6 is 0 Å². The highest BCUT2D eigenvalue weighted by Crippen LogP contribution is 2.42. The van der Waals surface area contributed by atoms with Crippen LogP contribution in [0.3, 0.4) is 0 Å². The van der Waals surface area contributed by atoms with Gasteiger partial charge in [0.15, 0.2) is 5.43 Å². The van der Waals surface area contributed by atoms with Crippen molar-refractivity contribution in [3.8, 4) is 22.5 Å². The number of pyridine rings is 2. The number of amides is 4. The molecular weight excluding hydrogens is 857 g/mol. The molecule has 3 aromatic heterocycles. The fourth-order valence-corrected chi connectivity index (χ4v) is 10.1. The van der Waals surface area contributed by atoms with Crippen molar-refractivity contribution in [3.05, 3.63) is 75.8 Å². The molecular formula is C50H66N8O9. The van der Waals surface area contributed by atoms with E-state index >= 15 is 0 Å². The highest BCUT2D eigenvalue weighted by molar-refractivity contribution is 5.96. The number of nitrogens with one attached hydrogen (secondary N) is 3. The highest BCUT2D eigenvalue weighted by Gasteiger charge is 2.43. The monoisotopic (exact) mass is 922 g/mol. The topological polar surface area (TPSA) is 197 Å². The van der Waals surface area contributed by atoms with Crippen LogP contribution in [0.25, 0.3) is 33.4 Å². The fraction of sp³-hybridized carbons (Fsp3) is 0.540. The number of likely N-dealkylation sites (N-methyl/N-ethyl adjacent to an activating group) is 1. The van der Waals surface area contributed by atoms with E-state index in [-0.39, 0.29) is 55.4 Å². The van der Waals surface area contributed by atoms with Gasteiger partial charge in [0.1, 0.15) is 18.1 Å². The van der Waals surface area contributed by atoms with E-state index in [4.69, 9.17) is 19.2 Å². The maximum absolute atomic E-state index is 14.7. The van der Waals surface area contributed by atoms with E-state index in [1.807, 2.05) is 45.9 Å². The van der Waals surface area contributed by atoms with Crippen LogP contribution in [0.4, 0.5) is 4.79 Å². The van der Waals surface area contributed by atoms with Crippen molar-refractivity contribution in [1.82, 2.24) is 40.1 Å². The van der Waals surface area contributed by atoms with Gasteiger partial charge in [-0.2, -0.15) is 0 Å². The number of cyclic esters (lactones) is 1. The highest BCUT2D eigenvalue weighted by atomic mass is 16.5. The number of hydrogen-bond donors (Lipinski definition) is 3. The first kappa shape index (κ1) is 48.9. The number of hydrogen-bond acceptors (Lipinski definition) is 11. The molecule has 4 aromatic rings. The zero-order valence-electron chi connectivity index (χ0n) is 40.4. The Labute approximate surface area is 391 Å². The number of hydrazine groups is 1. The summed E-state index contributed by atoms with van der Waals surface area (Å²) in [5.41, 5.74) is 8.58. The first-order valence-electron chi connectivity index (χ1n) is 23.4. The van der Waals surface area contributed by atoms with Gasteiger partial charge < -0.3 is 38.9 Å². The van der Waals surface area contributed by atoms with Gasteiger partial charge in [-0.05, 0) is 80.3 Å². The van der Waals surface area contributed by atoms with Gasteiger partial charge in [-0.3, -0.25) is 34.0 Å². The van der Waals surface area contributed by atoms with Crippen molar-refractivity contribution >= 4 is 40.7 Å². The Kier molecular flexibility index (Phi) is 14.6. The molecule has 6 atom stereocenters. The van der Waals surface area contributed by atoms with Crippen LogP contribution in [0.5, 0.6) is 0 Å². The van der Waals surface area contributed by atoms with E-state index < -0.39 is 53.3 Å². The summed E-state index contributed by atoms with van der Waals surface area (Å²) in [6.45, 7) is 15.2. The molecule has 17 heteroatoms. The van der Waals surface area contributed by atoms with Crippen molar-refractivity contribution in [2.75, 3.05) is 47.5 Å². The molecule has 4 amide bonds. The molecule has 1 aromatic carbocycles. The Bertz CT molecular complexity index is 2580. The number of rotatable bonds is 9.